The molecule has 2 N–H and O–H groups in total. The zero-order chi connectivity index (χ0) is 18.7. The first kappa shape index (κ1) is 25.1. The molecule has 2 saturated heterocycles. The van der Waals surface area contributed by atoms with Gasteiger partial charge in [0, 0.05) is 45.3 Å². The van der Waals surface area contributed by atoms with E-state index in [1.54, 1.807) is 12.1 Å². The van der Waals surface area contributed by atoms with Crippen molar-refractivity contribution in [2.45, 2.75) is 30.7 Å². The molecular weight excluding hydrogens is 423 g/mol. The maximum atomic E-state index is 12.7. The summed E-state index contributed by atoms with van der Waals surface area (Å²) in [6.45, 7) is 5.70. The highest BCUT2D eigenvalue weighted by Crippen LogP contribution is 2.18. The van der Waals surface area contributed by atoms with E-state index >= 15 is 0 Å². The molecule has 0 aliphatic carbocycles. The Morgan fingerprint density at radius 1 is 1.00 bits per heavy atom. The van der Waals surface area contributed by atoms with Crippen LogP contribution < -0.4 is 5.73 Å². The minimum absolute atomic E-state index is 0. The van der Waals surface area contributed by atoms with Gasteiger partial charge in [-0.3, -0.25) is 9.69 Å². The molecule has 160 valence electrons. The summed E-state index contributed by atoms with van der Waals surface area (Å²) in [5, 5.41) is 0. The number of piperazine rings is 1. The topological polar surface area (TPSA) is 87.0 Å². The fraction of sp³-hybridized carbons (Fsp3) is 0.611. The number of piperidine rings is 1. The Kier molecular flexibility index (Phi) is 9.66. The summed E-state index contributed by atoms with van der Waals surface area (Å²) in [7, 11) is -3.46. The summed E-state index contributed by atoms with van der Waals surface area (Å²) in [5.74, 6) is 0.117. The van der Waals surface area contributed by atoms with Gasteiger partial charge in [0.25, 0.3) is 0 Å². The molecule has 2 heterocycles. The average molecular weight is 453 g/mol. The van der Waals surface area contributed by atoms with Crippen LogP contribution in [-0.4, -0.2) is 80.3 Å². The predicted molar refractivity (Wildman–Crippen MR) is 115 cm³/mol. The van der Waals surface area contributed by atoms with Crippen LogP contribution in [0.25, 0.3) is 0 Å². The monoisotopic (exact) mass is 452 g/mol. The molecule has 0 atom stereocenters. The van der Waals surface area contributed by atoms with Crippen molar-refractivity contribution in [3.05, 3.63) is 29.8 Å². The minimum Gasteiger partial charge on any atom is -0.341 e. The van der Waals surface area contributed by atoms with Crippen molar-refractivity contribution in [3.63, 3.8) is 0 Å². The van der Waals surface area contributed by atoms with Crippen LogP contribution in [0.3, 0.4) is 0 Å². The van der Waals surface area contributed by atoms with E-state index in [1.807, 2.05) is 28.9 Å². The molecular formula is C18H30Cl2N4O3S. The third-order valence-corrected chi connectivity index (χ3v) is 7.15. The third-order valence-electron chi connectivity index (χ3n) is 5.24. The van der Waals surface area contributed by atoms with E-state index in [-0.39, 0.29) is 36.8 Å². The number of rotatable bonds is 4. The smallest absolute Gasteiger partial charge is 0.243 e. The molecule has 1 amide bonds. The average Bonchev–Trinajstić information content (AvgIpc) is 2.63. The minimum atomic E-state index is -3.46. The second-order valence-corrected chi connectivity index (χ2v) is 9.15. The molecule has 0 spiro atoms. The summed E-state index contributed by atoms with van der Waals surface area (Å²) < 4.78 is 27.0. The number of nitrogens with two attached hydrogens (primary N) is 1. The first-order valence-electron chi connectivity index (χ1n) is 9.19. The van der Waals surface area contributed by atoms with Gasteiger partial charge in [-0.25, -0.2) is 8.42 Å². The van der Waals surface area contributed by atoms with Crippen LogP contribution in [0.4, 0.5) is 0 Å². The predicted octanol–water partition coefficient (Wildman–Crippen LogP) is 1.09. The molecule has 2 fully saturated rings. The molecule has 0 unspecified atom stereocenters. The lowest BCUT2D eigenvalue weighted by atomic mass is 10.1. The zero-order valence-electron chi connectivity index (χ0n) is 16.1. The third kappa shape index (κ3) is 6.05. The van der Waals surface area contributed by atoms with Crippen LogP contribution >= 0.6 is 24.8 Å². The summed E-state index contributed by atoms with van der Waals surface area (Å²) in [6, 6.07) is 7.14. The number of halogens is 2. The molecule has 10 heteroatoms. The Morgan fingerprint density at radius 2 is 1.54 bits per heavy atom. The second-order valence-electron chi connectivity index (χ2n) is 7.21. The number of hydrogen-bond acceptors (Lipinski definition) is 5. The summed E-state index contributed by atoms with van der Waals surface area (Å²) in [4.78, 5) is 16.7. The van der Waals surface area contributed by atoms with E-state index in [0.29, 0.717) is 37.6 Å². The molecule has 0 aromatic heterocycles. The molecule has 3 rings (SSSR count). The van der Waals surface area contributed by atoms with Gasteiger partial charge in [0.05, 0.1) is 11.4 Å². The van der Waals surface area contributed by atoms with Crippen molar-refractivity contribution in [2.24, 2.45) is 5.73 Å². The van der Waals surface area contributed by atoms with Gasteiger partial charge in [-0.1, -0.05) is 17.7 Å². The second kappa shape index (κ2) is 10.8. The molecule has 2 aliphatic rings. The molecule has 28 heavy (non-hydrogen) atoms. The van der Waals surface area contributed by atoms with Crippen LogP contribution in [0.1, 0.15) is 18.4 Å². The number of sulfonamides is 1. The zero-order valence-corrected chi connectivity index (χ0v) is 18.6. The lowest BCUT2D eigenvalue weighted by Gasteiger charge is -2.36. The van der Waals surface area contributed by atoms with E-state index in [2.05, 4.69) is 0 Å². The number of likely N-dealkylation sites (tertiary alicyclic amines) is 1. The largest absolute Gasteiger partial charge is 0.341 e. The summed E-state index contributed by atoms with van der Waals surface area (Å²) in [6.07, 6.45) is 1.71. The van der Waals surface area contributed by atoms with Gasteiger partial charge in [0.2, 0.25) is 15.9 Å². The van der Waals surface area contributed by atoms with Crippen molar-refractivity contribution in [1.82, 2.24) is 14.1 Å². The van der Waals surface area contributed by atoms with E-state index in [0.717, 1.165) is 31.5 Å². The number of carbonyl (C=O) groups excluding carboxylic acids is 1. The van der Waals surface area contributed by atoms with Crippen LogP contribution in [0.5, 0.6) is 0 Å². The number of nitrogens with zero attached hydrogens (tertiary/aromatic N) is 3. The molecule has 0 radical (unpaired) electrons. The van der Waals surface area contributed by atoms with Gasteiger partial charge in [-0.2, -0.15) is 4.31 Å². The Morgan fingerprint density at radius 3 is 2.07 bits per heavy atom. The number of carbonyl (C=O) groups is 1. The van der Waals surface area contributed by atoms with Crippen LogP contribution in [-0.2, 0) is 14.8 Å². The highest BCUT2D eigenvalue weighted by molar-refractivity contribution is 7.89. The van der Waals surface area contributed by atoms with Gasteiger partial charge in [-0.05, 0) is 31.9 Å². The Balaban J connectivity index is 0.00000196. The van der Waals surface area contributed by atoms with Crippen LogP contribution in [0, 0.1) is 6.92 Å². The van der Waals surface area contributed by atoms with Crippen molar-refractivity contribution < 1.29 is 13.2 Å². The van der Waals surface area contributed by atoms with Gasteiger partial charge in [0.1, 0.15) is 0 Å². The molecule has 2 aliphatic heterocycles. The summed E-state index contributed by atoms with van der Waals surface area (Å²) in [5.41, 5.74) is 6.92. The van der Waals surface area contributed by atoms with Gasteiger partial charge >= 0.3 is 0 Å². The maximum absolute atomic E-state index is 12.7. The summed E-state index contributed by atoms with van der Waals surface area (Å²) >= 11 is 0. The maximum Gasteiger partial charge on any atom is 0.243 e. The Bertz CT molecular complexity index is 730. The number of benzene rings is 1. The first-order valence-corrected chi connectivity index (χ1v) is 10.6. The molecule has 1 aromatic carbocycles. The highest BCUT2D eigenvalue weighted by atomic mass is 35.5. The number of amides is 1. The normalized spacial score (nSPS) is 19.6. The van der Waals surface area contributed by atoms with Gasteiger partial charge in [-0.15, -0.1) is 24.8 Å². The Hall–Kier alpha value is -0.900. The van der Waals surface area contributed by atoms with Crippen LogP contribution in [0.2, 0.25) is 0 Å². The van der Waals surface area contributed by atoms with Crippen molar-refractivity contribution in [1.29, 1.82) is 0 Å². The van der Waals surface area contributed by atoms with Crippen molar-refractivity contribution in [3.8, 4) is 0 Å². The SMILES string of the molecule is Cc1ccc(S(=O)(=O)N2CCN(CC(=O)N3CCC(N)CC3)CC2)cc1.Cl.Cl. The molecule has 0 saturated carbocycles. The van der Waals surface area contributed by atoms with E-state index in [4.69, 9.17) is 5.73 Å². The molecule has 0 bridgehead atoms. The quantitative estimate of drug-likeness (QED) is 0.738. The first-order chi connectivity index (χ1) is 12.4. The van der Waals surface area contributed by atoms with E-state index in [1.165, 1.54) is 4.31 Å². The Labute approximate surface area is 180 Å². The standard InChI is InChI=1S/C18H28N4O3S.2ClH/c1-15-2-4-17(5-3-15)26(24,25)22-12-10-20(11-13-22)14-18(23)21-8-6-16(19)7-9-21;;/h2-5,16H,6-14,19H2,1H3;2*1H. The van der Waals surface area contributed by atoms with Gasteiger partial charge < -0.3 is 10.6 Å². The fourth-order valence-corrected chi connectivity index (χ4v) is 4.85. The van der Waals surface area contributed by atoms with Crippen molar-refractivity contribution >= 4 is 40.7 Å². The van der Waals surface area contributed by atoms with E-state index in [9.17, 15) is 13.2 Å². The van der Waals surface area contributed by atoms with E-state index < -0.39 is 10.0 Å². The lowest BCUT2D eigenvalue weighted by Crippen LogP contribution is -2.52. The van der Waals surface area contributed by atoms with Gasteiger partial charge in [0.15, 0.2) is 0 Å². The highest BCUT2D eigenvalue weighted by Gasteiger charge is 2.30. The van der Waals surface area contributed by atoms with Crippen molar-refractivity contribution in [2.75, 3.05) is 45.8 Å². The molecule has 7 nitrogen and oxygen atoms in total. The lowest BCUT2D eigenvalue weighted by molar-refractivity contribution is -0.133. The van der Waals surface area contributed by atoms with Crippen LogP contribution in [0.15, 0.2) is 29.2 Å². The number of aryl methyl sites for hydroxylation is 1. The fourth-order valence-electron chi connectivity index (χ4n) is 3.43. The molecule has 1 aromatic rings. The number of hydrogen-bond donors (Lipinski definition) is 1.